The van der Waals surface area contributed by atoms with Crippen LogP contribution in [0, 0.1) is 5.82 Å². The first-order chi connectivity index (χ1) is 16.9. The number of aromatic nitrogens is 4. The minimum atomic E-state index is -1.51. The van der Waals surface area contributed by atoms with Crippen molar-refractivity contribution >= 4 is 29.3 Å². The van der Waals surface area contributed by atoms with Gasteiger partial charge in [0.2, 0.25) is 5.95 Å². The van der Waals surface area contributed by atoms with Gasteiger partial charge in [-0.15, -0.1) is 0 Å². The fraction of sp³-hybridized carbons (Fsp3) is 0.250. The minimum absolute atomic E-state index is 0.0956. The van der Waals surface area contributed by atoms with E-state index < -0.39 is 23.9 Å². The number of allylic oxidation sites excluding steroid dienone is 4. The van der Waals surface area contributed by atoms with E-state index in [1.54, 1.807) is 35.2 Å². The average Bonchev–Trinajstić information content (AvgIpc) is 3.43. The molecule has 8 nitrogen and oxygen atoms in total. The van der Waals surface area contributed by atoms with Gasteiger partial charge in [-0.3, -0.25) is 14.5 Å². The number of carbonyl (C=O) groups excluding carboxylic acids is 1. The number of amides is 2. The predicted molar refractivity (Wildman–Crippen MR) is 129 cm³/mol. The van der Waals surface area contributed by atoms with Gasteiger partial charge in [0.15, 0.2) is 6.17 Å². The molecule has 1 aliphatic heterocycles. The third-order valence-electron chi connectivity index (χ3n) is 6.09. The Morgan fingerprint density at radius 2 is 2.03 bits per heavy atom. The maximum atomic E-state index is 16.1. The summed E-state index contributed by atoms with van der Waals surface area (Å²) in [5.41, 5.74) is 8.00. The Balaban J connectivity index is 1.45. The van der Waals surface area contributed by atoms with Crippen LogP contribution in [0.3, 0.4) is 0 Å². The van der Waals surface area contributed by atoms with Crippen molar-refractivity contribution < 1.29 is 13.6 Å². The molecule has 180 valence electrons. The number of anilines is 2. The molecular weight excluding hydrogens is 476 g/mol. The van der Waals surface area contributed by atoms with Gasteiger partial charge in [0, 0.05) is 43.5 Å². The van der Waals surface area contributed by atoms with Crippen LogP contribution in [-0.4, -0.2) is 49.9 Å². The first kappa shape index (κ1) is 23.0. The zero-order valence-corrected chi connectivity index (χ0v) is 19.5. The Bertz CT molecular complexity index is 1360. The Kier molecular flexibility index (Phi) is 5.98. The SMILES string of the molecule is CCn1cc(C2C=CC=C(N3CCN(c4ccc(F)cc4Cl)C3=O)C2F)c(-c2ccnc(N)n2)n1. The zero-order valence-electron chi connectivity index (χ0n) is 18.8. The van der Waals surface area contributed by atoms with Crippen molar-refractivity contribution in [1.82, 2.24) is 24.6 Å². The zero-order chi connectivity index (χ0) is 24.7. The Labute approximate surface area is 205 Å². The first-order valence-corrected chi connectivity index (χ1v) is 11.5. The molecule has 3 heterocycles. The van der Waals surface area contributed by atoms with Crippen LogP contribution in [0.15, 0.2) is 60.6 Å². The topological polar surface area (TPSA) is 93.2 Å². The first-order valence-electron chi connectivity index (χ1n) is 11.1. The number of aryl methyl sites for hydroxylation is 1. The van der Waals surface area contributed by atoms with Gasteiger partial charge < -0.3 is 5.73 Å². The number of nitrogens with two attached hydrogens (primary N) is 1. The van der Waals surface area contributed by atoms with Gasteiger partial charge in [-0.05, 0) is 37.3 Å². The van der Waals surface area contributed by atoms with Gasteiger partial charge in [0.05, 0.1) is 22.1 Å². The number of nitrogen functional groups attached to an aromatic ring is 1. The van der Waals surface area contributed by atoms with Crippen LogP contribution in [0.5, 0.6) is 0 Å². The van der Waals surface area contributed by atoms with E-state index >= 15 is 4.39 Å². The van der Waals surface area contributed by atoms with E-state index in [0.29, 0.717) is 35.7 Å². The number of nitrogens with zero attached hydrogens (tertiary/aromatic N) is 6. The van der Waals surface area contributed by atoms with Crippen LogP contribution in [0.1, 0.15) is 18.4 Å². The van der Waals surface area contributed by atoms with Crippen molar-refractivity contribution in [1.29, 1.82) is 0 Å². The highest BCUT2D eigenvalue weighted by molar-refractivity contribution is 6.33. The number of alkyl halides is 1. The Morgan fingerprint density at radius 3 is 2.77 bits per heavy atom. The highest BCUT2D eigenvalue weighted by Crippen LogP contribution is 2.39. The largest absolute Gasteiger partial charge is 0.368 e. The van der Waals surface area contributed by atoms with E-state index in [1.807, 2.05) is 6.92 Å². The van der Waals surface area contributed by atoms with Crippen molar-refractivity contribution in [3.63, 3.8) is 0 Å². The molecule has 35 heavy (non-hydrogen) atoms. The van der Waals surface area contributed by atoms with Crippen molar-refractivity contribution in [3.8, 4) is 11.4 Å². The summed E-state index contributed by atoms with van der Waals surface area (Å²) < 4.78 is 31.3. The second-order valence-electron chi connectivity index (χ2n) is 8.17. The van der Waals surface area contributed by atoms with Crippen LogP contribution in [0.4, 0.5) is 25.2 Å². The van der Waals surface area contributed by atoms with Crippen molar-refractivity contribution in [2.75, 3.05) is 23.7 Å². The van der Waals surface area contributed by atoms with Gasteiger partial charge >= 0.3 is 6.03 Å². The standard InChI is InChI=1S/C24H22ClF2N7O/c1-2-32-13-16(22(31-32)18-8-9-29-23(28)30-18)15-4-3-5-20(21(15)27)34-11-10-33(24(34)35)19-7-6-14(26)12-17(19)25/h3-9,12-13,15,21H,2,10-11H2,1H3,(H2,28,29,30). The number of benzene rings is 1. The lowest BCUT2D eigenvalue weighted by molar-refractivity contribution is 0.217. The molecule has 0 spiro atoms. The second kappa shape index (κ2) is 9.10. The second-order valence-corrected chi connectivity index (χ2v) is 8.58. The van der Waals surface area contributed by atoms with E-state index in [9.17, 15) is 9.18 Å². The molecule has 1 aliphatic carbocycles. The van der Waals surface area contributed by atoms with E-state index in [4.69, 9.17) is 17.3 Å². The van der Waals surface area contributed by atoms with Gasteiger partial charge in [0.25, 0.3) is 0 Å². The van der Waals surface area contributed by atoms with E-state index in [1.165, 1.54) is 28.1 Å². The third kappa shape index (κ3) is 4.14. The summed E-state index contributed by atoms with van der Waals surface area (Å²) >= 11 is 6.16. The molecule has 1 aromatic carbocycles. The molecule has 0 radical (unpaired) electrons. The smallest absolute Gasteiger partial charge is 0.328 e. The monoisotopic (exact) mass is 497 g/mol. The Morgan fingerprint density at radius 1 is 1.23 bits per heavy atom. The summed E-state index contributed by atoms with van der Waals surface area (Å²) in [4.78, 5) is 24.2. The highest BCUT2D eigenvalue weighted by atomic mass is 35.5. The molecule has 11 heteroatoms. The molecule has 2 atom stereocenters. The molecule has 1 fully saturated rings. The fourth-order valence-corrected chi connectivity index (χ4v) is 4.66. The lowest BCUT2D eigenvalue weighted by Gasteiger charge is -2.29. The number of carbonyl (C=O) groups is 1. The van der Waals surface area contributed by atoms with Crippen LogP contribution in [0.25, 0.3) is 11.4 Å². The third-order valence-corrected chi connectivity index (χ3v) is 6.40. The van der Waals surface area contributed by atoms with Crippen molar-refractivity contribution in [3.05, 3.63) is 77.0 Å². The summed E-state index contributed by atoms with van der Waals surface area (Å²) in [6.45, 7) is 3.08. The van der Waals surface area contributed by atoms with Crippen LogP contribution >= 0.6 is 11.6 Å². The van der Waals surface area contributed by atoms with Crippen molar-refractivity contribution in [2.45, 2.75) is 25.6 Å². The highest BCUT2D eigenvalue weighted by Gasteiger charge is 2.39. The molecule has 5 rings (SSSR count). The summed E-state index contributed by atoms with van der Waals surface area (Å²) in [6.07, 6.45) is 6.88. The molecule has 1 saturated heterocycles. The molecule has 3 aromatic rings. The van der Waals surface area contributed by atoms with Gasteiger partial charge in [0.1, 0.15) is 11.5 Å². The van der Waals surface area contributed by atoms with Crippen LogP contribution < -0.4 is 10.6 Å². The summed E-state index contributed by atoms with van der Waals surface area (Å²) in [6, 6.07) is 5.08. The normalized spacial score (nSPS) is 20.0. The number of hydrogen-bond donors (Lipinski definition) is 1. The number of urea groups is 1. The van der Waals surface area contributed by atoms with E-state index in [2.05, 4.69) is 15.1 Å². The molecule has 2 aliphatic rings. The van der Waals surface area contributed by atoms with Gasteiger partial charge in [-0.2, -0.15) is 5.10 Å². The lowest BCUT2D eigenvalue weighted by Crippen LogP contribution is -2.36. The molecule has 0 saturated carbocycles. The van der Waals surface area contributed by atoms with Gasteiger partial charge in [-0.1, -0.05) is 23.8 Å². The predicted octanol–water partition coefficient (Wildman–Crippen LogP) is 4.55. The number of hydrogen-bond acceptors (Lipinski definition) is 5. The average molecular weight is 498 g/mol. The van der Waals surface area contributed by atoms with Gasteiger partial charge in [-0.25, -0.2) is 23.5 Å². The molecule has 2 amide bonds. The van der Waals surface area contributed by atoms with Crippen molar-refractivity contribution in [2.24, 2.45) is 0 Å². The quantitative estimate of drug-likeness (QED) is 0.558. The summed E-state index contributed by atoms with van der Waals surface area (Å²) in [5, 5.41) is 4.69. The molecule has 2 aromatic heterocycles. The molecular formula is C24H22ClF2N7O. The maximum Gasteiger partial charge on any atom is 0.328 e. The molecule has 0 bridgehead atoms. The summed E-state index contributed by atoms with van der Waals surface area (Å²) in [5.74, 6) is -1.10. The Hall–Kier alpha value is -3.79. The number of halogens is 3. The maximum absolute atomic E-state index is 16.1. The molecule has 2 N–H and O–H groups in total. The number of rotatable bonds is 5. The fourth-order valence-electron chi connectivity index (χ4n) is 4.40. The minimum Gasteiger partial charge on any atom is -0.368 e. The van der Waals surface area contributed by atoms with E-state index in [-0.39, 0.29) is 23.2 Å². The van der Waals surface area contributed by atoms with Crippen LogP contribution in [-0.2, 0) is 6.54 Å². The summed E-state index contributed by atoms with van der Waals surface area (Å²) in [7, 11) is 0. The van der Waals surface area contributed by atoms with Crippen LogP contribution in [0.2, 0.25) is 5.02 Å². The molecule has 2 unspecified atom stereocenters. The van der Waals surface area contributed by atoms with E-state index in [0.717, 1.165) is 6.07 Å². The lowest BCUT2D eigenvalue weighted by atomic mass is 9.88.